The molecule has 1 heterocycles. The van der Waals surface area contributed by atoms with Gasteiger partial charge in [-0.15, -0.1) is 0 Å². The SMILES string of the molecule is O=C(O)NN1CCCC(Cc2ccccc2)C1=O. The van der Waals surface area contributed by atoms with Gasteiger partial charge in [0.25, 0.3) is 0 Å². The molecule has 1 saturated heterocycles. The predicted molar refractivity (Wildman–Crippen MR) is 65.7 cm³/mol. The number of amides is 2. The Bertz CT molecular complexity index is 433. The van der Waals surface area contributed by atoms with E-state index in [-0.39, 0.29) is 11.8 Å². The first-order valence-electron chi connectivity index (χ1n) is 6.01. The van der Waals surface area contributed by atoms with E-state index in [0.29, 0.717) is 13.0 Å². The van der Waals surface area contributed by atoms with Gasteiger partial charge in [0.05, 0.1) is 0 Å². The van der Waals surface area contributed by atoms with Gasteiger partial charge in [-0.1, -0.05) is 30.3 Å². The number of carboxylic acid groups (broad SMARTS) is 1. The van der Waals surface area contributed by atoms with Crippen molar-refractivity contribution in [3.8, 4) is 0 Å². The van der Waals surface area contributed by atoms with Crippen molar-refractivity contribution in [2.75, 3.05) is 6.54 Å². The van der Waals surface area contributed by atoms with Crippen molar-refractivity contribution < 1.29 is 14.7 Å². The van der Waals surface area contributed by atoms with Crippen molar-refractivity contribution in [1.29, 1.82) is 0 Å². The average Bonchev–Trinajstić information content (AvgIpc) is 2.35. The van der Waals surface area contributed by atoms with Gasteiger partial charge in [0.2, 0.25) is 5.91 Å². The molecule has 1 aromatic carbocycles. The highest BCUT2D eigenvalue weighted by Gasteiger charge is 2.29. The summed E-state index contributed by atoms with van der Waals surface area (Å²) in [7, 11) is 0. The molecule has 1 unspecified atom stereocenters. The Labute approximate surface area is 105 Å². The Morgan fingerprint density at radius 2 is 2.11 bits per heavy atom. The predicted octanol–water partition coefficient (Wildman–Crippen LogP) is 1.65. The Balaban J connectivity index is 2.00. The van der Waals surface area contributed by atoms with E-state index in [9.17, 15) is 9.59 Å². The van der Waals surface area contributed by atoms with Gasteiger partial charge in [0.15, 0.2) is 0 Å². The van der Waals surface area contributed by atoms with Crippen LogP contribution in [0.4, 0.5) is 4.79 Å². The quantitative estimate of drug-likeness (QED) is 0.854. The molecule has 1 aliphatic heterocycles. The number of rotatable bonds is 3. The van der Waals surface area contributed by atoms with E-state index in [2.05, 4.69) is 5.43 Å². The summed E-state index contributed by atoms with van der Waals surface area (Å²) >= 11 is 0. The van der Waals surface area contributed by atoms with Gasteiger partial charge in [-0.05, 0) is 24.8 Å². The van der Waals surface area contributed by atoms with Crippen molar-refractivity contribution in [1.82, 2.24) is 10.4 Å². The second-order valence-electron chi connectivity index (χ2n) is 4.44. The molecule has 1 aliphatic rings. The van der Waals surface area contributed by atoms with Crippen molar-refractivity contribution >= 4 is 12.0 Å². The fourth-order valence-electron chi connectivity index (χ4n) is 2.26. The fourth-order valence-corrected chi connectivity index (χ4v) is 2.26. The number of hydrogen-bond acceptors (Lipinski definition) is 2. The van der Waals surface area contributed by atoms with Crippen molar-refractivity contribution in [2.45, 2.75) is 19.3 Å². The van der Waals surface area contributed by atoms with Gasteiger partial charge in [-0.3, -0.25) is 9.80 Å². The van der Waals surface area contributed by atoms with Gasteiger partial charge < -0.3 is 5.11 Å². The third-order valence-electron chi connectivity index (χ3n) is 3.11. The van der Waals surface area contributed by atoms with Crippen LogP contribution in [-0.2, 0) is 11.2 Å². The zero-order valence-electron chi connectivity index (χ0n) is 10.0. The number of hydrogen-bond donors (Lipinski definition) is 2. The molecule has 2 rings (SSSR count). The van der Waals surface area contributed by atoms with Gasteiger partial charge in [-0.25, -0.2) is 10.2 Å². The molecule has 1 fully saturated rings. The van der Waals surface area contributed by atoms with E-state index in [1.807, 2.05) is 30.3 Å². The number of carbonyl (C=O) groups excluding carboxylic acids is 1. The van der Waals surface area contributed by atoms with Crippen LogP contribution in [0.3, 0.4) is 0 Å². The first kappa shape index (κ1) is 12.4. The summed E-state index contributed by atoms with van der Waals surface area (Å²) in [4.78, 5) is 22.6. The summed E-state index contributed by atoms with van der Waals surface area (Å²) in [5.74, 6) is -0.263. The maximum Gasteiger partial charge on any atom is 0.423 e. The van der Waals surface area contributed by atoms with Gasteiger partial charge >= 0.3 is 6.09 Å². The van der Waals surface area contributed by atoms with E-state index < -0.39 is 6.09 Å². The van der Waals surface area contributed by atoms with E-state index in [1.54, 1.807) is 0 Å². The van der Waals surface area contributed by atoms with Gasteiger partial charge in [-0.2, -0.15) is 0 Å². The molecule has 18 heavy (non-hydrogen) atoms. The monoisotopic (exact) mass is 248 g/mol. The minimum atomic E-state index is -1.19. The number of piperidine rings is 1. The minimum absolute atomic E-state index is 0.131. The van der Waals surface area contributed by atoms with Crippen LogP contribution in [0.15, 0.2) is 30.3 Å². The van der Waals surface area contributed by atoms with Crippen LogP contribution in [0, 0.1) is 5.92 Å². The highest BCUT2D eigenvalue weighted by Crippen LogP contribution is 2.21. The second kappa shape index (κ2) is 5.53. The molecule has 0 saturated carbocycles. The van der Waals surface area contributed by atoms with Crippen LogP contribution in [-0.4, -0.2) is 28.7 Å². The lowest BCUT2D eigenvalue weighted by atomic mass is 9.91. The lowest BCUT2D eigenvalue weighted by molar-refractivity contribution is -0.141. The minimum Gasteiger partial charge on any atom is -0.464 e. The Kier molecular flexibility index (Phi) is 3.82. The second-order valence-corrected chi connectivity index (χ2v) is 4.44. The van der Waals surface area contributed by atoms with E-state index in [1.165, 1.54) is 5.01 Å². The van der Waals surface area contributed by atoms with Crippen LogP contribution < -0.4 is 5.43 Å². The smallest absolute Gasteiger partial charge is 0.423 e. The Morgan fingerprint density at radius 3 is 2.78 bits per heavy atom. The lowest BCUT2D eigenvalue weighted by Gasteiger charge is -2.31. The van der Waals surface area contributed by atoms with Crippen LogP contribution >= 0.6 is 0 Å². The summed E-state index contributed by atoms with van der Waals surface area (Å²) < 4.78 is 0. The third-order valence-corrected chi connectivity index (χ3v) is 3.11. The van der Waals surface area contributed by atoms with Crippen LogP contribution in [0.25, 0.3) is 0 Å². The zero-order valence-corrected chi connectivity index (χ0v) is 10.0. The largest absolute Gasteiger partial charge is 0.464 e. The standard InChI is InChI=1S/C13H16N2O3/c16-12-11(9-10-5-2-1-3-6-10)7-4-8-15(12)14-13(17)18/h1-3,5-6,11,14H,4,7-9H2,(H,17,18). The van der Waals surface area contributed by atoms with Crippen molar-refractivity contribution in [3.05, 3.63) is 35.9 Å². The number of benzene rings is 1. The molecule has 96 valence electrons. The van der Waals surface area contributed by atoms with Gasteiger partial charge in [0.1, 0.15) is 0 Å². The summed E-state index contributed by atoms with van der Waals surface area (Å²) in [5.41, 5.74) is 3.25. The third kappa shape index (κ3) is 3.00. The summed E-state index contributed by atoms with van der Waals surface area (Å²) in [6, 6.07) is 9.78. The van der Waals surface area contributed by atoms with Gasteiger partial charge in [0, 0.05) is 12.5 Å². The van der Waals surface area contributed by atoms with Crippen LogP contribution in [0.2, 0.25) is 0 Å². The number of nitrogens with one attached hydrogen (secondary N) is 1. The summed E-state index contributed by atoms with van der Waals surface area (Å²) in [5, 5.41) is 9.86. The molecule has 1 atom stereocenters. The fraction of sp³-hybridized carbons (Fsp3) is 0.385. The summed E-state index contributed by atoms with van der Waals surface area (Å²) in [6.07, 6.45) is 1.11. The maximum atomic E-state index is 12.1. The summed E-state index contributed by atoms with van der Waals surface area (Å²) in [6.45, 7) is 0.455. The van der Waals surface area contributed by atoms with Crippen LogP contribution in [0.5, 0.6) is 0 Å². The maximum absolute atomic E-state index is 12.1. The zero-order chi connectivity index (χ0) is 13.0. The van der Waals surface area contributed by atoms with Crippen molar-refractivity contribution in [3.63, 3.8) is 0 Å². The normalized spacial score (nSPS) is 19.7. The van der Waals surface area contributed by atoms with E-state index >= 15 is 0 Å². The van der Waals surface area contributed by atoms with E-state index in [4.69, 9.17) is 5.11 Å². The molecule has 0 spiro atoms. The Hall–Kier alpha value is -2.04. The Morgan fingerprint density at radius 1 is 1.39 bits per heavy atom. The molecule has 0 aromatic heterocycles. The molecule has 0 aliphatic carbocycles. The van der Waals surface area contributed by atoms with Crippen LogP contribution in [0.1, 0.15) is 18.4 Å². The van der Waals surface area contributed by atoms with Crippen molar-refractivity contribution in [2.24, 2.45) is 5.92 Å². The number of carbonyl (C=O) groups is 2. The molecular weight excluding hydrogens is 232 g/mol. The molecule has 0 radical (unpaired) electrons. The first-order chi connectivity index (χ1) is 8.66. The number of hydrazine groups is 1. The highest BCUT2D eigenvalue weighted by atomic mass is 16.4. The molecule has 0 bridgehead atoms. The number of nitrogens with zero attached hydrogens (tertiary/aromatic N) is 1. The molecule has 5 nitrogen and oxygen atoms in total. The molecule has 2 N–H and O–H groups in total. The molecule has 1 aromatic rings. The average molecular weight is 248 g/mol. The molecular formula is C13H16N2O3. The van der Waals surface area contributed by atoms with E-state index in [0.717, 1.165) is 18.4 Å². The molecule has 5 heteroatoms. The lowest BCUT2D eigenvalue weighted by Crippen LogP contribution is -2.51. The highest BCUT2D eigenvalue weighted by molar-refractivity contribution is 5.81. The first-order valence-corrected chi connectivity index (χ1v) is 6.01. The topological polar surface area (TPSA) is 69.6 Å². The molecule has 2 amide bonds.